The number of hydrogen-bond donors (Lipinski definition) is 2. The van der Waals surface area contributed by atoms with Crippen LogP contribution in [-0.4, -0.2) is 22.4 Å². The molecule has 2 aliphatic carbocycles. The molecule has 2 heteroatoms. The zero-order valence-corrected chi connectivity index (χ0v) is 19.7. The maximum atomic E-state index is 11.2. The van der Waals surface area contributed by atoms with Gasteiger partial charge in [0.05, 0.1) is 12.2 Å². The van der Waals surface area contributed by atoms with Crippen LogP contribution < -0.4 is 0 Å². The summed E-state index contributed by atoms with van der Waals surface area (Å²) < 4.78 is 0. The van der Waals surface area contributed by atoms with E-state index in [-0.39, 0.29) is 28.5 Å². The summed E-state index contributed by atoms with van der Waals surface area (Å²) in [6.07, 6.45) is 6.61. The van der Waals surface area contributed by atoms with E-state index in [4.69, 9.17) is 0 Å². The van der Waals surface area contributed by atoms with Gasteiger partial charge in [-0.25, -0.2) is 0 Å². The Morgan fingerprint density at radius 3 is 1.41 bits per heavy atom. The Hall–Kier alpha value is -0.0800. The first-order chi connectivity index (χ1) is 12.1. The zero-order chi connectivity index (χ0) is 20.8. The second kappa shape index (κ2) is 7.98. The van der Waals surface area contributed by atoms with Crippen LogP contribution in [0.5, 0.6) is 0 Å². The number of hydrogen-bond acceptors (Lipinski definition) is 2. The molecule has 0 radical (unpaired) electrons. The molecule has 2 rings (SSSR count). The van der Waals surface area contributed by atoms with Crippen LogP contribution in [0.2, 0.25) is 0 Å². The second-order valence-corrected chi connectivity index (χ2v) is 13.2. The average molecular weight is 381 g/mol. The number of aliphatic hydroxyl groups excluding tert-OH is 2. The highest BCUT2D eigenvalue weighted by Crippen LogP contribution is 2.51. The summed E-state index contributed by atoms with van der Waals surface area (Å²) >= 11 is 0. The van der Waals surface area contributed by atoms with Crippen LogP contribution >= 0.6 is 0 Å². The monoisotopic (exact) mass is 380 g/mol. The van der Waals surface area contributed by atoms with Gasteiger partial charge in [0.2, 0.25) is 0 Å². The Balaban J connectivity index is 2.13. The van der Waals surface area contributed by atoms with E-state index in [0.29, 0.717) is 23.7 Å². The van der Waals surface area contributed by atoms with Gasteiger partial charge in [0.15, 0.2) is 0 Å². The van der Waals surface area contributed by atoms with Gasteiger partial charge >= 0.3 is 0 Å². The summed E-state index contributed by atoms with van der Waals surface area (Å²) in [5, 5.41) is 21.7. The average Bonchev–Trinajstić information content (AvgIpc) is 2.47. The van der Waals surface area contributed by atoms with Gasteiger partial charge in [0, 0.05) is 0 Å². The third kappa shape index (κ3) is 5.72. The minimum absolute atomic E-state index is 0.126. The molecule has 2 fully saturated rings. The summed E-state index contributed by atoms with van der Waals surface area (Å²) in [4.78, 5) is 0. The first kappa shape index (κ1) is 23.2. The van der Waals surface area contributed by atoms with Gasteiger partial charge in [0.1, 0.15) is 0 Å². The van der Waals surface area contributed by atoms with Crippen LogP contribution in [-0.2, 0) is 0 Å². The molecular weight excluding hydrogens is 332 g/mol. The molecule has 0 heterocycles. The molecule has 160 valence electrons. The normalized spacial score (nSPS) is 39.4. The van der Waals surface area contributed by atoms with Crippen molar-refractivity contribution in [3.05, 3.63) is 0 Å². The van der Waals surface area contributed by atoms with Crippen LogP contribution in [0.4, 0.5) is 0 Å². The highest BCUT2D eigenvalue weighted by atomic mass is 16.3. The zero-order valence-electron chi connectivity index (χ0n) is 19.7. The third-order valence-electron chi connectivity index (χ3n) is 7.93. The molecule has 0 amide bonds. The van der Waals surface area contributed by atoms with Gasteiger partial charge in [-0.3, -0.25) is 0 Å². The molecule has 2 aliphatic rings. The van der Waals surface area contributed by atoms with Gasteiger partial charge < -0.3 is 10.2 Å². The molecule has 0 spiro atoms. The highest BCUT2D eigenvalue weighted by molar-refractivity contribution is 4.96. The largest absolute Gasteiger partial charge is 0.393 e. The molecule has 0 aromatic carbocycles. The van der Waals surface area contributed by atoms with Gasteiger partial charge in [-0.1, -0.05) is 62.3 Å². The van der Waals surface area contributed by atoms with Crippen molar-refractivity contribution in [2.75, 3.05) is 0 Å². The van der Waals surface area contributed by atoms with E-state index in [1.807, 2.05) is 0 Å². The van der Waals surface area contributed by atoms with Crippen molar-refractivity contribution in [3.8, 4) is 0 Å². The number of aliphatic hydroxyl groups is 2. The Labute approximate surface area is 169 Å². The molecule has 5 atom stereocenters. The predicted molar refractivity (Wildman–Crippen MR) is 116 cm³/mol. The molecule has 2 nitrogen and oxygen atoms in total. The van der Waals surface area contributed by atoms with Crippen molar-refractivity contribution in [2.45, 2.75) is 113 Å². The van der Waals surface area contributed by atoms with Crippen LogP contribution in [0, 0.1) is 45.8 Å². The standard InChI is InChI=1S/C25H48O2/c1-23(2,3)18-13-16(10-11-21(18)26)12-17-14-19(24(4,5)6)22(27)20(15-17)25(7,8)9/h16-22,26-27H,10-15H2,1-9H3. The first-order valence-corrected chi connectivity index (χ1v) is 11.5. The van der Waals surface area contributed by atoms with E-state index in [1.54, 1.807) is 0 Å². The number of rotatable bonds is 2. The molecule has 2 saturated carbocycles. The van der Waals surface area contributed by atoms with Crippen LogP contribution in [0.3, 0.4) is 0 Å². The molecule has 0 aromatic rings. The minimum Gasteiger partial charge on any atom is -0.393 e. The minimum atomic E-state index is -0.184. The van der Waals surface area contributed by atoms with Crippen LogP contribution in [0.25, 0.3) is 0 Å². The Morgan fingerprint density at radius 1 is 0.593 bits per heavy atom. The molecule has 5 unspecified atom stereocenters. The van der Waals surface area contributed by atoms with Crippen LogP contribution in [0.1, 0.15) is 101 Å². The Kier molecular flexibility index (Phi) is 6.85. The van der Waals surface area contributed by atoms with E-state index < -0.39 is 0 Å². The molecule has 2 N–H and O–H groups in total. The lowest BCUT2D eigenvalue weighted by atomic mass is 9.57. The molecule has 0 aliphatic heterocycles. The molecule has 0 saturated heterocycles. The molecule has 0 aromatic heterocycles. The second-order valence-electron chi connectivity index (χ2n) is 13.2. The van der Waals surface area contributed by atoms with Crippen molar-refractivity contribution in [1.82, 2.24) is 0 Å². The van der Waals surface area contributed by atoms with Gasteiger partial charge in [-0.2, -0.15) is 0 Å². The first-order valence-electron chi connectivity index (χ1n) is 11.5. The smallest absolute Gasteiger partial charge is 0.0606 e. The quantitative estimate of drug-likeness (QED) is 0.590. The van der Waals surface area contributed by atoms with Gasteiger partial charge in [-0.05, 0) is 84.4 Å². The fourth-order valence-corrected chi connectivity index (χ4v) is 6.16. The predicted octanol–water partition coefficient (Wildman–Crippen LogP) is 6.30. The topological polar surface area (TPSA) is 40.5 Å². The Bertz CT molecular complexity index is 452. The van der Waals surface area contributed by atoms with E-state index in [9.17, 15) is 10.2 Å². The van der Waals surface area contributed by atoms with E-state index in [2.05, 4.69) is 62.3 Å². The third-order valence-corrected chi connectivity index (χ3v) is 7.93. The summed E-state index contributed by atoms with van der Waals surface area (Å²) in [5.74, 6) is 2.63. The lowest BCUT2D eigenvalue weighted by molar-refractivity contribution is -0.0892. The summed E-state index contributed by atoms with van der Waals surface area (Å²) in [6, 6.07) is 0. The van der Waals surface area contributed by atoms with E-state index >= 15 is 0 Å². The lowest BCUT2D eigenvalue weighted by Crippen LogP contribution is -2.48. The van der Waals surface area contributed by atoms with Crippen molar-refractivity contribution in [2.24, 2.45) is 45.8 Å². The summed E-state index contributed by atoms with van der Waals surface area (Å²) in [5.41, 5.74) is 0.485. The maximum Gasteiger partial charge on any atom is 0.0606 e. The van der Waals surface area contributed by atoms with E-state index in [1.165, 1.54) is 19.3 Å². The lowest BCUT2D eigenvalue weighted by Gasteiger charge is -2.50. The van der Waals surface area contributed by atoms with Crippen molar-refractivity contribution in [1.29, 1.82) is 0 Å². The fourth-order valence-electron chi connectivity index (χ4n) is 6.16. The van der Waals surface area contributed by atoms with Gasteiger partial charge in [0.25, 0.3) is 0 Å². The van der Waals surface area contributed by atoms with Crippen LogP contribution in [0.15, 0.2) is 0 Å². The highest BCUT2D eigenvalue weighted by Gasteiger charge is 2.47. The van der Waals surface area contributed by atoms with Crippen molar-refractivity contribution < 1.29 is 10.2 Å². The molecule has 0 bridgehead atoms. The fraction of sp³-hybridized carbons (Fsp3) is 1.00. The SMILES string of the molecule is CC(C)(C)C1CC(CC2CC(C(C)(C)C)C(O)C(C(C)(C)C)C2)CCC1O. The summed E-state index contributed by atoms with van der Waals surface area (Å²) in [6.45, 7) is 20.7. The van der Waals surface area contributed by atoms with Gasteiger partial charge in [-0.15, -0.1) is 0 Å². The Morgan fingerprint density at radius 2 is 1.00 bits per heavy atom. The summed E-state index contributed by atoms with van der Waals surface area (Å²) in [7, 11) is 0. The van der Waals surface area contributed by atoms with Crippen molar-refractivity contribution in [3.63, 3.8) is 0 Å². The van der Waals surface area contributed by atoms with Crippen molar-refractivity contribution >= 4 is 0 Å². The molecular formula is C25H48O2. The van der Waals surface area contributed by atoms with E-state index in [0.717, 1.165) is 25.2 Å². The molecule has 27 heavy (non-hydrogen) atoms. The maximum absolute atomic E-state index is 11.2.